The van der Waals surface area contributed by atoms with Crippen molar-refractivity contribution in [1.29, 1.82) is 0 Å². The number of aliphatic hydroxyl groups excluding tert-OH is 2. The number of aromatic nitrogens is 4. The molecule has 1 aliphatic heterocycles. The number of aliphatic hydroxyl groups is 2. The van der Waals surface area contributed by atoms with Crippen LogP contribution in [-0.2, 0) is 13.9 Å². The number of hydrogen-bond acceptors (Lipinski definition) is 9. The van der Waals surface area contributed by atoms with E-state index in [9.17, 15) is 24.2 Å². The Hall–Kier alpha value is -1.14. The molecule has 6 N–H and O–H groups in total. The van der Waals surface area contributed by atoms with Gasteiger partial charge in [0.1, 0.15) is 18.1 Å². The summed E-state index contributed by atoms with van der Waals surface area (Å²) in [5.74, 6) is -0.0901. The van der Waals surface area contributed by atoms with E-state index in [0.717, 1.165) is 12.8 Å². The molecule has 38 heavy (non-hydrogen) atoms. The Kier molecular flexibility index (Phi) is 7.07. The Labute approximate surface area is 224 Å². The van der Waals surface area contributed by atoms with Gasteiger partial charge >= 0.3 is 7.60 Å². The van der Waals surface area contributed by atoms with Crippen LogP contribution in [0.1, 0.15) is 52.7 Å². The highest BCUT2D eigenvalue weighted by atomic mass is 35.5. The van der Waals surface area contributed by atoms with Gasteiger partial charge in [0.15, 0.2) is 23.2 Å². The Morgan fingerprint density at radius 3 is 2.50 bits per heavy atom. The monoisotopic (exact) mass is 593 g/mol. The molecule has 1 saturated heterocycles. The fourth-order valence-electron chi connectivity index (χ4n) is 6.65. The summed E-state index contributed by atoms with van der Waals surface area (Å²) in [4.78, 5) is 41.1. The lowest BCUT2D eigenvalue weighted by atomic mass is 9.69. The van der Waals surface area contributed by atoms with Crippen LogP contribution < -0.4 is 5.32 Å². The second kappa shape index (κ2) is 9.46. The molecule has 2 saturated carbocycles. The molecule has 0 aromatic carbocycles. The van der Waals surface area contributed by atoms with Crippen LogP contribution in [0.5, 0.6) is 0 Å². The quantitative estimate of drug-likeness (QED) is 0.193. The molecule has 2 aromatic heterocycles. The van der Waals surface area contributed by atoms with Crippen LogP contribution in [0.15, 0.2) is 6.33 Å². The first-order chi connectivity index (χ1) is 17.5. The molecule has 0 spiro atoms. The zero-order valence-corrected chi connectivity index (χ0v) is 23.9. The van der Waals surface area contributed by atoms with Crippen LogP contribution in [0.2, 0.25) is 5.28 Å². The predicted molar refractivity (Wildman–Crippen MR) is 139 cm³/mol. The van der Waals surface area contributed by atoms with Gasteiger partial charge in [0.25, 0.3) is 0 Å². The topological polar surface area (TPSA) is 200 Å². The maximum absolute atomic E-state index is 12.2. The lowest BCUT2D eigenvalue weighted by molar-refractivity contribution is -0.0354. The summed E-state index contributed by atoms with van der Waals surface area (Å²) in [6.45, 7) is 6.92. The highest BCUT2D eigenvalue weighted by Gasteiger charge is 2.61. The van der Waals surface area contributed by atoms with Crippen LogP contribution in [0.25, 0.3) is 11.2 Å². The Morgan fingerprint density at radius 1 is 1.18 bits per heavy atom. The van der Waals surface area contributed by atoms with Gasteiger partial charge in [-0.25, -0.2) is 4.98 Å². The van der Waals surface area contributed by atoms with Gasteiger partial charge < -0.3 is 34.9 Å². The van der Waals surface area contributed by atoms with Gasteiger partial charge in [-0.2, -0.15) is 9.97 Å². The second-order valence-electron chi connectivity index (χ2n) is 11.7. The summed E-state index contributed by atoms with van der Waals surface area (Å²) in [6.07, 6.45) is -1.02. The third-order valence-electron chi connectivity index (χ3n) is 9.28. The number of ether oxygens (including phenoxy) is 1. The van der Waals surface area contributed by atoms with Gasteiger partial charge in [-0.1, -0.05) is 20.8 Å². The van der Waals surface area contributed by atoms with Gasteiger partial charge in [0.05, 0.1) is 12.4 Å². The fraction of sp³-hybridized carbons (Fsp3) is 0.773. The summed E-state index contributed by atoms with van der Waals surface area (Å²) in [7, 11) is -8.88. The minimum Gasteiger partial charge on any atom is -0.388 e. The van der Waals surface area contributed by atoms with Crippen molar-refractivity contribution in [2.24, 2.45) is 16.7 Å². The molecule has 16 heteroatoms. The first kappa shape index (κ1) is 28.4. The standard InChI is InChI=1S/C22H34ClN5O8P2/c1-21(2)11-4-6-22(21,3)13(8-11)25-17-14-18(27-20(23)26-17)28(9-24-14)19-16(30)15(29)12(36-19)5-7-37(31,32)10-38(33,34)35/h9,11-13,15-16,19,29-30H,4-8,10H2,1-3H3,(H,31,32)(H,25,26,27)(H2,33,34,35)/t11-,12-,13?,15?,16+,19-,22+/m1/s1. The van der Waals surface area contributed by atoms with Crippen LogP contribution >= 0.6 is 26.6 Å². The maximum atomic E-state index is 12.2. The smallest absolute Gasteiger partial charge is 0.335 e. The molecule has 0 radical (unpaired) electrons. The molecule has 3 unspecified atom stereocenters. The van der Waals surface area contributed by atoms with E-state index in [1.807, 2.05) is 0 Å². The van der Waals surface area contributed by atoms with Crippen molar-refractivity contribution in [3.8, 4) is 0 Å². The van der Waals surface area contributed by atoms with Crippen molar-refractivity contribution in [2.45, 2.75) is 77.0 Å². The highest BCUT2D eigenvalue weighted by molar-refractivity contribution is 7.72. The Bertz CT molecular complexity index is 1340. The van der Waals surface area contributed by atoms with E-state index in [0.29, 0.717) is 17.3 Å². The highest BCUT2D eigenvalue weighted by Crippen LogP contribution is 2.66. The zero-order valence-electron chi connectivity index (χ0n) is 21.3. The number of anilines is 1. The average Bonchev–Trinajstić information content (AvgIpc) is 3.44. The fourth-order valence-corrected chi connectivity index (χ4v) is 10.3. The SMILES string of the molecule is CC1(C)[C@@H]2CC[C@@]1(C)C(Nc1nc(Cl)nc3c1ncn3[C@@H]1O[C@H](CCP(=O)(O)CP(=O)(O)O)C(O)[C@@H]1O)C2. The van der Waals surface area contributed by atoms with Crippen molar-refractivity contribution in [2.75, 3.05) is 17.4 Å². The molecule has 2 bridgehead atoms. The molecular weight excluding hydrogens is 560 g/mol. The first-order valence-corrected chi connectivity index (χ1v) is 16.8. The molecule has 8 atom stereocenters. The van der Waals surface area contributed by atoms with Crippen molar-refractivity contribution in [1.82, 2.24) is 19.5 Å². The summed E-state index contributed by atoms with van der Waals surface area (Å²) in [6, 6.07) is 0.164. The van der Waals surface area contributed by atoms with Crippen LogP contribution in [0, 0.1) is 16.7 Å². The molecule has 13 nitrogen and oxygen atoms in total. The number of halogens is 1. The number of nitrogens with zero attached hydrogens (tertiary/aromatic N) is 4. The third-order valence-corrected chi connectivity index (χ3v) is 13.6. The number of imidazole rings is 1. The Morgan fingerprint density at radius 2 is 1.89 bits per heavy atom. The van der Waals surface area contributed by atoms with Crippen molar-refractivity contribution < 1.29 is 38.8 Å². The van der Waals surface area contributed by atoms with Gasteiger partial charge in [0, 0.05) is 12.2 Å². The summed E-state index contributed by atoms with van der Waals surface area (Å²) in [5, 5.41) is 24.8. The van der Waals surface area contributed by atoms with Crippen LogP contribution in [0.3, 0.4) is 0 Å². The lowest BCUT2D eigenvalue weighted by Gasteiger charge is -2.39. The maximum Gasteiger partial charge on any atom is 0.335 e. The molecule has 3 heterocycles. The number of rotatable bonds is 8. The Balaban J connectivity index is 1.37. The molecule has 3 fully saturated rings. The van der Waals surface area contributed by atoms with Crippen molar-refractivity contribution in [3.63, 3.8) is 0 Å². The average molecular weight is 594 g/mol. The molecule has 2 aromatic rings. The van der Waals surface area contributed by atoms with Crippen molar-refractivity contribution >= 4 is 43.5 Å². The number of hydrogen-bond donors (Lipinski definition) is 6. The predicted octanol–water partition coefficient (Wildman–Crippen LogP) is 2.52. The van der Waals surface area contributed by atoms with Gasteiger partial charge in [-0.05, 0) is 54.0 Å². The van der Waals surface area contributed by atoms with E-state index < -0.39 is 51.6 Å². The van der Waals surface area contributed by atoms with Gasteiger partial charge in [-0.3, -0.25) is 13.7 Å². The molecule has 3 aliphatic rings. The van der Waals surface area contributed by atoms with Gasteiger partial charge in [0.2, 0.25) is 12.7 Å². The minimum atomic E-state index is -4.70. The molecule has 212 valence electrons. The van der Waals surface area contributed by atoms with E-state index in [1.165, 1.54) is 17.3 Å². The summed E-state index contributed by atoms with van der Waals surface area (Å²) in [5.41, 5.74) is 0.953. The van der Waals surface area contributed by atoms with E-state index in [1.54, 1.807) is 0 Å². The lowest BCUT2D eigenvalue weighted by Crippen LogP contribution is -2.40. The second-order valence-corrected chi connectivity index (χ2v) is 16.6. The molecule has 0 amide bonds. The minimum absolute atomic E-state index is 0.0300. The molecule has 5 rings (SSSR count). The summed E-state index contributed by atoms with van der Waals surface area (Å²) < 4.78 is 30.6. The van der Waals surface area contributed by atoms with E-state index >= 15 is 0 Å². The normalized spacial score (nSPS) is 36.1. The zero-order chi connectivity index (χ0) is 27.8. The van der Waals surface area contributed by atoms with Crippen LogP contribution in [-0.4, -0.2) is 80.8 Å². The van der Waals surface area contributed by atoms with E-state index in [-0.39, 0.29) is 34.2 Å². The van der Waals surface area contributed by atoms with E-state index in [4.69, 9.17) is 26.1 Å². The third kappa shape index (κ3) is 4.84. The van der Waals surface area contributed by atoms with Gasteiger partial charge in [-0.15, -0.1) is 0 Å². The number of nitrogens with one attached hydrogen (secondary N) is 1. The molecular formula is C22H34ClN5O8P2. The first-order valence-electron chi connectivity index (χ1n) is 12.6. The number of fused-ring (bicyclic) bond motifs is 3. The van der Waals surface area contributed by atoms with Crippen molar-refractivity contribution in [3.05, 3.63) is 11.6 Å². The largest absolute Gasteiger partial charge is 0.388 e. The van der Waals surface area contributed by atoms with Crippen LogP contribution in [0.4, 0.5) is 5.82 Å². The van der Waals surface area contributed by atoms with E-state index in [2.05, 4.69) is 41.0 Å². The molecule has 2 aliphatic carbocycles. The summed E-state index contributed by atoms with van der Waals surface area (Å²) >= 11 is 6.28.